The SMILES string of the molecule is CC(=O)OC(C=O)N(CC(CNC(=O)OC(C)(C)C)CO[Si](C)(C)C(C)(C)C)[C@@H](c1nc(-c2cc(F)ccc2F)cn1Cc1ccccc1)C(C)(C)C. The Morgan fingerprint density at radius 1 is 1.00 bits per heavy atom. The molecule has 0 aliphatic carbocycles. The number of imidazole rings is 1. The number of ether oxygens (including phenoxy) is 2. The van der Waals surface area contributed by atoms with Crippen molar-refractivity contribution in [3.05, 3.63) is 77.8 Å². The lowest BCUT2D eigenvalue weighted by atomic mass is 9.84. The molecule has 0 aliphatic heterocycles. The molecule has 2 aromatic carbocycles. The van der Waals surface area contributed by atoms with Gasteiger partial charge in [-0.15, -0.1) is 0 Å². The van der Waals surface area contributed by atoms with Crippen molar-refractivity contribution < 1.29 is 37.1 Å². The van der Waals surface area contributed by atoms with Crippen LogP contribution in [-0.4, -0.2) is 72.6 Å². The maximum Gasteiger partial charge on any atom is 0.407 e. The minimum Gasteiger partial charge on any atom is -0.444 e. The Morgan fingerprint density at radius 3 is 2.19 bits per heavy atom. The highest BCUT2D eigenvalue weighted by atomic mass is 28.4. The van der Waals surface area contributed by atoms with E-state index in [0.29, 0.717) is 18.7 Å². The first-order valence-corrected chi connectivity index (χ1v) is 20.9. The Labute approximate surface area is 314 Å². The Hall–Kier alpha value is -3.94. The molecule has 0 saturated heterocycles. The van der Waals surface area contributed by atoms with Crippen LogP contribution in [0.5, 0.6) is 0 Å². The van der Waals surface area contributed by atoms with Gasteiger partial charge in [-0.1, -0.05) is 71.9 Å². The molecule has 1 aromatic heterocycles. The quantitative estimate of drug-likeness (QED) is 0.0712. The number of halogens is 2. The van der Waals surface area contributed by atoms with Gasteiger partial charge in [0, 0.05) is 50.8 Å². The summed E-state index contributed by atoms with van der Waals surface area (Å²) in [6.07, 6.45) is 0.247. The smallest absolute Gasteiger partial charge is 0.407 e. The lowest BCUT2D eigenvalue weighted by molar-refractivity contribution is -0.167. The standard InChI is InChI=1S/C40H58F2N4O6Si/c1-27(48)51-34(25-47)46(23-29(21-43-37(49)52-39(5,6)7)26-50-53(11,12)40(8,9)10)35(38(2,3)4)36-44-33(31-20-30(41)18-19-32(31)42)24-45(36)22-28-16-14-13-15-17-28/h13-20,24-25,29,34-35H,21-23,26H2,1-12H3,(H,43,49)/t29?,34?,35-/m0/s1. The van der Waals surface area contributed by atoms with Crippen molar-refractivity contribution in [2.45, 2.75) is 112 Å². The third-order valence-corrected chi connectivity index (χ3v) is 13.7. The summed E-state index contributed by atoms with van der Waals surface area (Å²) < 4.78 is 49.5. The number of aromatic nitrogens is 2. The van der Waals surface area contributed by atoms with Crippen LogP contribution in [-0.2, 0) is 30.0 Å². The molecular weight excluding hydrogens is 699 g/mol. The summed E-state index contributed by atoms with van der Waals surface area (Å²) in [6, 6.07) is 12.1. The summed E-state index contributed by atoms with van der Waals surface area (Å²) in [6.45, 7) is 23.8. The first-order chi connectivity index (χ1) is 24.4. The normalized spacial score (nSPS) is 14.4. The maximum absolute atomic E-state index is 15.2. The summed E-state index contributed by atoms with van der Waals surface area (Å²) in [7, 11) is -2.30. The molecule has 3 rings (SSSR count). The summed E-state index contributed by atoms with van der Waals surface area (Å²) >= 11 is 0. The van der Waals surface area contributed by atoms with Crippen molar-refractivity contribution in [1.82, 2.24) is 19.8 Å². The molecule has 13 heteroatoms. The zero-order valence-corrected chi connectivity index (χ0v) is 34.4. The third kappa shape index (κ3) is 12.6. The second-order valence-corrected chi connectivity index (χ2v) is 22.0. The van der Waals surface area contributed by atoms with Crippen LogP contribution in [0.15, 0.2) is 54.7 Å². The third-order valence-electron chi connectivity index (χ3n) is 9.22. The van der Waals surface area contributed by atoms with Gasteiger partial charge in [0.15, 0.2) is 14.6 Å². The molecule has 1 N–H and O–H groups in total. The molecule has 10 nitrogen and oxygen atoms in total. The van der Waals surface area contributed by atoms with Gasteiger partial charge < -0.3 is 23.8 Å². The Kier molecular flexibility index (Phi) is 14.3. The Balaban J connectivity index is 2.25. The second-order valence-electron chi connectivity index (χ2n) is 17.1. The Morgan fingerprint density at radius 2 is 1.64 bits per heavy atom. The number of amides is 1. The van der Waals surface area contributed by atoms with Gasteiger partial charge in [-0.3, -0.25) is 14.5 Å². The van der Waals surface area contributed by atoms with Gasteiger partial charge in [-0.25, -0.2) is 18.6 Å². The van der Waals surface area contributed by atoms with E-state index in [1.807, 2.05) is 55.7 Å². The van der Waals surface area contributed by atoms with Gasteiger partial charge >= 0.3 is 12.1 Å². The largest absolute Gasteiger partial charge is 0.444 e. The molecule has 0 fully saturated rings. The van der Waals surface area contributed by atoms with Crippen molar-refractivity contribution in [2.75, 3.05) is 19.7 Å². The van der Waals surface area contributed by atoms with Gasteiger partial charge in [0.1, 0.15) is 23.1 Å². The number of benzene rings is 2. The summed E-state index contributed by atoms with van der Waals surface area (Å²) in [5, 5.41) is 2.76. The highest BCUT2D eigenvalue weighted by molar-refractivity contribution is 6.74. The molecule has 53 heavy (non-hydrogen) atoms. The van der Waals surface area contributed by atoms with E-state index in [0.717, 1.165) is 23.8 Å². The van der Waals surface area contributed by atoms with E-state index in [9.17, 15) is 18.8 Å². The highest BCUT2D eigenvalue weighted by Gasteiger charge is 2.43. The molecule has 1 heterocycles. The van der Waals surface area contributed by atoms with E-state index in [1.54, 1.807) is 31.9 Å². The molecule has 0 saturated carbocycles. The fraction of sp³-hybridized carbons (Fsp3) is 0.550. The number of alkyl carbamates (subject to hydrolysis) is 1. The minimum atomic E-state index is -2.30. The van der Waals surface area contributed by atoms with Crippen LogP contribution >= 0.6 is 0 Å². The predicted octanol–water partition coefficient (Wildman–Crippen LogP) is 8.52. The molecule has 0 spiro atoms. The van der Waals surface area contributed by atoms with Gasteiger partial charge in [-0.2, -0.15) is 0 Å². The summed E-state index contributed by atoms with van der Waals surface area (Å²) in [4.78, 5) is 45.0. The van der Waals surface area contributed by atoms with E-state index in [4.69, 9.17) is 18.9 Å². The average Bonchev–Trinajstić information content (AvgIpc) is 3.42. The van der Waals surface area contributed by atoms with Gasteiger partial charge in [0.05, 0.1) is 11.7 Å². The summed E-state index contributed by atoms with van der Waals surface area (Å²) in [5.74, 6) is -1.93. The number of hydrogen-bond acceptors (Lipinski definition) is 8. The van der Waals surface area contributed by atoms with Gasteiger partial charge in [0.25, 0.3) is 0 Å². The molecular formula is C40H58F2N4O6Si. The number of nitrogens with one attached hydrogen (secondary N) is 1. The first kappa shape index (κ1) is 43.5. The van der Waals surface area contributed by atoms with Crippen molar-refractivity contribution in [1.29, 1.82) is 0 Å². The number of carbonyl (C=O) groups is 3. The molecule has 0 aliphatic rings. The van der Waals surface area contributed by atoms with Crippen molar-refractivity contribution in [3.8, 4) is 11.3 Å². The van der Waals surface area contributed by atoms with Crippen LogP contribution in [0, 0.1) is 23.0 Å². The maximum atomic E-state index is 15.2. The Bertz CT molecular complexity index is 1700. The van der Waals surface area contributed by atoms with Crippen LogP contribution in [0.2, 0.25) is 18.1 Å². The molecule has 3 atom stereocenters. The van der Waals surface area contributed by atoms with Crippen LogP contribution in [0.1, 0.15) is 86.7 Å². The zero-order valence-electron chi connectivity index (χ0n) is 33.4. The molecule has 0 radical (unpaired) electrons. The molecule has 1 amide bonds. The molecule has 3 aromatic rings. The zero-order chi connectivity index (χ0) is 39.9. The monoisotopic (exact) mass is 756 g/mol. The fourth-order valence-electron chi connectivity index (χ4n) is 5.67. The number of aldehydes is 1. The van der Waals surface area contributed by atoms with Gasteiger partial charge in [0.2, 0.25) is 6.23 Å². The number of esters is 1. The fourth-order valence-corrected chi connectivity index (χ4v) is 6.76. The molecule has 0 bridgehead atoms. The van der Waals surface area contributed by atoms with Crippen LogP contribution in [0.25, 0.3) is 11.3 Å². The highest BCUT2D eigenvalue weighted by Crippen LogP contribution is 2.41. The second kappa shape index (κ2) is 17.5. The van der Waals surface area contributed by atoms with Crippen molar-refractivity contribution >= 4 is 26.7 Å². The van der Waals surface area contributed by atoms with E-state index in [2.05, 4.69) is 39.2 Å². The summed E-state index contributed by atoms with van der Waals surface area (Å²) in [5.41, 5.74) is -0.325. The number of hydrogen-bond donors (Lipinski definition) is 1. The molecule has 2 unspecified atom stereocenters. The predicted molar refractivity (Wildman–Crippen MR) is 205 cm³/mol. The van der Waals surface area contributed by atoms with E-state index >= 15 is 4.39 Å². The van der Waals surface area contributed by atoms with Crippen LogP contribution in [0.3, 0.4) is 0 Å². The topological polar surface area (TPSA) is 112 Å². The lowest BCUT2D eigenvalue weighted by Gasteiger charge is -2.44. The minimum absolute atomic E-state index is 0.0219. The van der Waals surface area contributed by atoms with E-state index in [-0.39, 0.29) is 36.0 Å². The number of nitrogens with zero attached hydrogens (tertiary/aromatic N) is 3. The van der Waals surface area contributed by atoms with Crippen molar-refractivity contribution in [3.63, 3.8) is 0 Å². The van der Waals surface area contributed by atoms with Gasteiger partial charge in [-0.05, 0) is 68.1 Å². The van der Waals surface area contributed by atoms with Crippen LogP contribution < -0.4 is 5.32 Å². The van der Waals surface area contributed by atoms with E-state index < -0.39 is 61.2 Å². The lowest BCUT2D eigenvalue weighted by Crippen LogP contribution is -2.52. The number of carbonyl (C=O) groups excluding carboxylic acids is 3. The van der Waals surface area contributed by atoms with Crippen LogP contribution in [0.4, 0.5) is 13.6 Å². The number of rotatable bonds is 15. The molecule has 292 valence electrons. The first-order valence-electron chi connectivity index (χ1n) is 18.0. The van der Waals surface area contributed by atoms with E-state index in [1.165, 1.54) is 6.92 Å². The van der Waals surface area contributed by atoms with Crippen molar-refractivity contribution in [2.24, 2.45) is 11.3 Å². The average molecular weight is 757 g/mol.